The molecule has 1 unspecified atom stereocenters. The Morgan fingerprint density at radius 1 is 0.895 bits per heavy atom. The summed E-state index contributed by atoms with van der Waals surface area (Å²) in [5, 5.41) is 5.02. The second-order valence-corrected chi connectivity index (χ2v) is 9.39. The van der Waals surface area contributed by atoms with Gasteiger partial charge in [0.15, 0.2) is 0 Å². The van der Waals surface area contributed by atoms with Gasteiger partial charge in [0.1, 0.15) is 0 Å². The summed E-state index contributed by atoms with van der Waals surface area (Å²) in [5.41, 5.74) is 18.3. The van der Waals surface area contributed by atoms with Gasteiger partial charge in [0, 0.05) is 51.9 Å². The first kappa shape index (κ1) is 31.0. The Balaban J connectivity index is 2.39. The standard InChI is InChI=1S/C24H37N9O4S/c25-22(35)13-30-5-6-31(16-28-17-34)7-8-32(14-23(26)36)12-21(33(10-9-30)15-24(27)37)11-19-1-3-20(4-2-19)29-18-38/h1-4,17,21H,5-16H2,(H2,25,35)(H2,26,36)(H2,27,37)(H,28,34). The summed E-state index contributed by atoms with van der Waals surface area (Å²) in [5.74, 6) is -1.41. The van der Waals surface area contributed by atoms with E-state index in [1.807, 2.05) is 43.9 Å². The third-order valence-corrected chi connectivity index (χ3v) is 6.34. The van der Waals surface area contributed by atoms with Crippen LogP contribution < -0.4 is 22.5 Å². The Labute approximate surface area is 228 Å². The van der Waals surface area contributed by atoms with E-state index in [0.29, 0.717) is 71.0 Å². The molecule has 2 rings (SSSR count). The summed E-state index contributed by atoms with van der Waals surface area (Å²) in [4.78, 5) is 58.4. The molecule has 1 heterocycles. The Kier molecular flexibility index (Phi) is 13.5. The number of carbonyl (C=O) groups is 4. The molecule has 4 amide bonds. The summed E-state index contributed by atoms with van der Waals surface area (Å²) in [6, 6.07) is 7.30. The van der Waals surface area contributed by atoms with E-state index in [1.165, 1.54) is 0 Å². The molecule has 13 nitrogen and oxygen atoms in total. The highest BCUT2D eigenvalue weighted by Gasteiger charge is 2.26. The maximum atomic E-state index is 12.1. The minimum absolute atomic E-state index is 0.00214. The molecule has 0 aromatic heterocycles. The molecule has 1 atom stereocenters. The fraction of sp³-hybridized carbons (Fsp3) is 0.542. The second kappa shape index (κ2) is 16.6. The van der Waals surface area contributed by atoms with E-state index >= 15 is 0 Å². The number of nitrogens with one attached hydrogen (secondary N) is 1. The van der Waals surface area contributed by atoms with Gasteiger partial charge in [-0.3, -0.25) is 38.8 Å². The SMILES string of the molecule is NC(=O)CN1CCN(CNC=O)CCN(CC(N)=O)CC(Cc2ccc(N=C=S)cc2)N(CC(N)=O)CC1. The van der Waals surface area contributed by atoms with Crippen LogP contribution >= 0.6 is 12.2 Å². The summed E-state index contributed by atoms with van der Waals surface area (Å²) >= 11 is 4.67. The Hall–Kier alpha value is -3.26. The number of carbonyl (C=O) groups excluding carboxylic acids is 4. The van der Waals surface area contributed by atoms with Crippen LogP contribution in [-0.4, -0.2) is 127 Å². The number of rotatable bonds is 12. The Bertz CT molecular complexity index is 988. The number of hydrogen-bond donors (Lipinski definition) is 4. The monoisotopic (exact) mass is 547 g/mol. The summed E-state index contributed by atoms with van der Waals surface area (Å²) in [6.07, 6.45) is 1.18. The number of primary amides is 3. The van der Waals surface area contributed by atoms with E-state index in [9.17, 15) is 19.2 Å². The third-order valence-electron chi connectivity index (χ3n) is 6.25. The Morgan fingerprint density at radius 2 is 1.45 bits per heavy atom. The molecule has 0 aliphatic carbocycles. The maximum absolute atomic E-state index is 12.1. The lowest BCUT2D eigenvalue weighted by Gasteiger charge is -2.38. The Morgan fingerprint density at radius 3 is 2.03 bits per heavy atom. The lowest BCUT2D eigenvalue weighted by atomic mass is 10.0. The van der Waals surface area contributed by atoms with Crippen molar-refractivity contribution in [1.82, 2.24) is 24.9 Å². The molecular formula is C24H37N9O4S. The minimum atomic E-state index is -0.484. The first-order chi connectivity index (χ1) is 18.2. The van der Waals surface area contributed by atoms with Gasteiger partial charge in [-0.05, 0) is 36.3 Å². The molecule has 1 aliphatic rings. The topological polar surface area (TPSA) is 184 Å². The fourth-order valence-corrected chi connectivity index (χ4v) is 4.55. The lowest BCUT2D eigenvalue weighted by molar-refractivity contribution is -0.122. The van der Waals surface area contributed by atoms with Crippen LogP contribution in [0.3, 0.4) is 0 Å². The number of isothiocyanates is 1. The van der Waals surface area contributed by atoms with Gasteiger partial charge in [-0.15, -0.1) is 0 Å². The highest BCUT2D eigenvalue weighted by Crippen LogP contribution is 2.17. The molecule has 208 valence electrons. The number of aliphatic imine (C=N–C) groups is 1. The van der Waals surface area contributed by atoms with Gasteiger partial charge in [0.05, 0.1) is 37.2 Å². The first-order valence-corrected chi connectivity index (χ1v) is 12.7. The lowest BCUT2D eigenvalue weighted by Crippen LogP contribution is -2.54. The summed E-state index contributed by atoms with van der Waals surface area (Å²) in [7, 11) is 0. The largest absolute Gasteiger partial charge is 0.369 e. The third kappa shape index (κ3) is 11.9. The highest BCUT2D eigenvalue weighted by molar-refractivity contribution is 7.78. The zero-order valence-corrected chi connectivity index (χ0v) is 22.3. The average molecular weight is 548 g/mol. The van der Waals surface area contributed by atoms with Crippen molar-refractivity contribution >= 4 is 47.2 Å². The molecular weight excluding hydrogens is 510 g/mol. The predicted octanol–water partition coefficient (Wildman–Crippen LogP) is -2.29. The molecule has 7 N–H and O–H groups in total. The normalized spacial score (nSPS) is 18.9. The van der Waals surface area contributed by atoms with Gasteiger partial charge in [-0.1, -0.05) is 12.1 Å². The van der Waals surface area contributed by atoms with Crippen LogP contribution in [0.25, 0.3) is 0 Å². The van der Waals surface area contributed by atoms with Gasteiger partial charge in [0.2, 0.25) is 24.1 Å². The smallest absolute Gasteiger partial charge is 0.231 e. The minimum Gasteiger partial charge on any atom is -0.369 e. The van der Waals surface area contributed by atoms with Crippen molar-refractivity contribution in [2.45, 2.75) is 12.5 Å². The molecule has 0 saturated carbocycles. The molecule has 1 saturated heterocycles. The van der Waals surface area contributed by atoms with Crippen molar-refractivity contribution in [2.24, 2.45) is 22.2 Å². The number of benzene rings is 1. The predicted molar refractivity (Wildman–Crippen MR) is 146 cm³/mol. The van der Waals surface area contributed by atoms with Gasteiger partial charge >= 0.3 is 0 Å². The van der Waals surface area contributed by atoms with Gasteiger partial charge in [-0.25, -0.2) is 0 Å². The van der Waals surface area contributed by atoms with Gasteiger partial charge in [-0.2, -0.15) is 4.99 Å². The number of thiocarbonyl (C=S) groups is 1. The summed E-state index contributed by atoms with van der Waals surface area (Å²) < 4.78 is 0. The maximum Gasteiger partial charge on any atom is 0.231 e. The van der Waals surface area contributed by atoms with Crippen LogP contribution in [0.1, 0.15) is 5.56 Å². The molecule has 1 aromatic carbocycles. The van der Waals surface area contributed by atoms with E-state index in [1.54, 1.807) is 0 Å². The van der Waals surface area contributed by atoms with Crippen molar-refractivity contribution < 1.29 is 19.2 Å². The van der Waals surface area contributed by atoms with Crippen LogP contribution in [0.5, 0.6) is 0 Å². The van der Waals surface area contributed by atoms with Crippen LogP contribution in [0.4, 0.5) is 5.69 Å². The molecule has 14 heteroatoms. The molecule has 0 spiro atoms. The van der Waals surface area contributed by atoms with E-state index in [-0.39, 0.29) is 25.7 Å². The molecule has 0 radical (unpaired) electrons. The quantitative estimate of drug-likeness (QED) is 0.127. The summed E-state index contributed by atoms with van der Waals surface area (Å²) in [6.45, 7) is 3.81. The van der Waals surface area contributed by atoms with Crippen molar-refractivity contribution in [3.05, 3.63) is 29.8 Å². The number of nitrogens with two attached hydrogens (primary N) is 3. The van der Waals surface area contributed by atoms with Crippen LogP contribution in [0.2, 0.25) is 0 Å². The van der Waals surface area contributed by atoms with Crippen molar-refractivity contribution in [2.75, 3.05) is 72.1 Å². The van der Waals surface area contributed by atoms with Crippen molar-refractivity contribution in [1.29, 1.82) is 0 Å². The van der Waals surface area contributed by atoms with E-state index in [4.69, 9.17) is 17.2 Å². The molecule has 1 aliphatic heterocycles. The van der Waals surface area contributed by atoms with E-state index in [2.05, 4.69) is 27.7 Å². The van der Waals surface area contributed by atoms with Gasteiger partial charge < -0.3 is 22.5 Å². The van der Waals surface area contributed by atoms with Crippen LogP contribution in [0, 0.1) is 0 Å². The molecule has 1 aromatic rings. The first-order valence-electron chi connectivity index (χ1n) is 12.3. The van der Waals surface area contributed by atoms with Crippen LogP contribution in [0.15, 0.2) is 29.3 Å². The highest BCUT2D eigenvalue weighted by atomic mass is 32.1. The number of amides is 4. The van der Waals surface area contributed by atoms with Crippen molar-refractivity contribution in [3.63, 3.8) is 0 Å². The number of nitrogens with zero attached hydrogens (tertiary/aromatic N) is 5. The zero-order valence-electron chi connectivity index (χ0n) is 21.5. The van der Waals surface area contributed by atoms with Crippen molar-refractivity contribution in [3.8, 4) is 0 Å². The van der Waals surface area contributed by atoms with Crippen LogP contribution in [-0.2, 0) is 25.6 Å². The van der Waals surface area contributed by atoms with Gasteiger partial charge in [0.25, 0.3) is 0 Å². The zero-order chi connectivity index (χ0) is 27.9. The molecule has 0 bridgehead atoms. The molecule has 38 heavy (non-hydrogen) atoms. The average Bonchev–Trinajstić information content (AvgIpc) is 2.85. The molecule has 1 fully saturated rings. The second-order valence-electron chi connectivity index (χ2n) is 9.21. The van der Waals surface area contributed by atoms with E-state index < -0.39 is 17.7 Å². The van der Waals surface area contributed by atoms with E-state index in [0.717, 1.165) is 5.56 Å². The number of hydrogen-bond acceptors (Lipinski definition) is 10. The fourth-order valence-electron chi connectivity index (χ4n) is 4.45.